The molecule has 3 aliphatic rings. The van der Waals surface area contributed by atoms with E-state index in [9.17, 15) is 34.8 Å². The lowest BCUT2D eigenvalue weighted by atomic mass is 9.52. The van der Waals surface area contributed by atoms with Crippen LogP contribution in [0.25, 0.3) is 0 Å². The van der Waals surface area contributed by atoms with E-state index in [0.29, 0.717) is 11.3 Å². The van der Waals surface area contributed by atoms with Gasteiger partial charge in [0.05, 0.1) is 11.6 Å². The molecule has 4 rings (SSSR count). The van der Waals surface area contributed by atoms with Crippen LogP contribution < -0.4 is 22.5 Å². The van der Waals surface area contributed by atoms with E-state index in [1.54, 1.807) is 13.1 Å². The first-order chi connectivity index (χ1) is 15.0. The molecule has 0 spiro atoms. The molecule has 32 heavy (non-hydrogen) atoms. The number of hydrogen-bond donors (Lipinski definition) is 8. The SMILES string of the molecule is CNc1ccc(O)c2c1C[C@@]1(CN)CC3[C@H](N)C(O)=C(C(N)=O)C(=O)[C@@]3(O)C(O)=C1C2=O. The standard InChI is InChI=1S/C21H24N4O7/c1-25-9-2-3-10(26)11-7(9)4-20(6-22)5-8-14(23)16(28)12(19(24)31)17(29)21(8,32)18(30)13(20)15(11)27/h2-3,8,14,25-26,28,30,32H,4-6,22-23H2,1H3,(H2,24,31)/t8?,14-,20-,21+/m0/s1. The maximum Gasteiger partial charge on any atom is 0.255 e. The summed E-state index contributed by atoms with van der Waals surface area (Å²) in [6.07, 6.45) is -0.0818. The number of Topliss-reactive ketones (excluding diaryl/α,β-unsaturated/α-hetero) is 2. The number of benzene rings is 1. The third-order valence-electron chi connectivity index (χ3n) is 7.02. The predicted octanol–water partition coefficient (Wildman–Crippen LogP) is -1.11. The van der Waals surface area contributed by atoms with Gasteiger partial charge in [0, 0.05) is 36.2 Å². The number of nitrogens with two attached hydrogens (primary N) is 3. The molecule has 1 aromatic carbocycles. The normalized spacial score (nSPS) is 31.8. The van der Waals surface area contributed by atoms with Crippen LogP contribution in [0.2, 0.25) is 0 Å². The van der Waals surface area contributed by atoms with Crippen molar-refractivity contribution in [2.75, 3.05) is 18.9 Å². The summed E-state index contributed by atoms with van der Waals surface area (Å²) < 4.78 is 0. The summed E-state index contributed by atoms with van der Waals surface area (Å²) in [6.45, 7) is -0.170. The van der Waals surface area contributed by atoms with Crippen LogP contribution in [-0.2, 0) is 16.0 Å². The Morgan fingerprint density at radius 1 is 1.25 bits per heavy atom. The van der Waals surface area contributed by atoms with Gasteiger partial charge in [-0.25, -0.2) is 0 Å². The number of phenols is 1. The van der Waals surface area contributed by atoms with Crippen molar-refractivity contribution < 1.29 is 34.8 Å². The molecule has 0 fully saturated rings. The van der Waals surface area contributed by atoms with Crippen molar-refractivity contribution in [3.8, 4) is 5.75 Å². The Morgan fingerprint density at radius 2 is 1.91 bits per heavy atom. The van der Waals surface area contributed by atoms with Gasteiger partial charge in [-0.05, 0) is 30.5 Å². The summed E-state index contributed by atoms with van der Waals surface area (Å²) in [6, 6.07) is 1.46. The summed E-state index contributed by atoms with van der Waals surface area (Å²) in [5.41, 5.74) is 13.0. The van der Waals surface area contributed by atoms with E-state index in [2.05, 4.69) is 5.32 Å². The number of anilines is 1. The maximum absolute atomic E-state index is 13.5. The third-order valence-corrected chi connectivity index (χ3v) is 7.02. The zero-order valence-corrected chi connectivity index (χ0v) is 17.2. The van der Waals surface area contributed by atoms with E-state index in [-0.39, 0.29) is 36.3 Å². The fourth-order valence-electron chi connectivity index (χ4n) is 5.39. The Labute approximate surface area is 182 Å². The van der Waals surface area contributed by atoms with E-state index >= 15 is 0 Å². The lowest BCUT2D eigenvalue weighted by molar-refractivity contribution is -0.147. The van der Waals surface area contributed by atoms with Crippen LogP contribution >= 0.6 is 0 Å². The summed E-state index contributed by atoms with van der Waals surface area (Å²) in [5, 5.41) is 46.2. The molecule has 1 amide bonds. The Hall–Kier alpha value is -3.41. The van der Waals surface area contributed by atoms with E-state index in [4.69, 9.17) is 17.2 Å². The van der Waals surface area contributed by atoms with Gasteiger partial charge in [-0.3, -0.25) is 14.4 Å². The second kappa shape index (κ2) is 6.79. The largest absolute Gasteiger partial charge is 0.510 e. The molecule has 0 radical (unpaired) electrons. The lowest BCUT2D eigenvalue weighted by Gasteiger charge is -2.52. The first-order valence-corrected chi connectivity index (χ1v) is 9.93. The second-order valence-corrected chi connectivity index (χ2v) is 8.51. The topological polar surface area (TPSA) is 222 Å². The Balaban J connectivity index is 2.04. The van der Waals surface area contributed by atoms with Crippen molar-refractivity contribution in [1.29, 1.82) is 0 Å². The number of carbonyl (C=O) groups excluding carboxylic acids is 3. The van der Waals surface area contributed by atoms with Gasteiger partial charge in [0.1, 0.15) is 22.8 Å². The summed E-state index contributed by atoms with van der Waals surface area (Å²) >= 11 is 0. The molecule has 0 aromatic heterocycles. The van der Waals surface area contributed by atoms with Crippen molar-refractivity contribution in [3.05, 3.63) is 45.9 Å². The fraction of sp³-hybridized carbons (Fsp3) is 0.381. The molecule has 0 heterocycles. The molecule has 1 aromatic rings. The summed E-state index contributed by atoms with van der Waals surface area (Å²) in [4.78, 5) is 38.4. The second-order valence-electron chi connectivity index (χ2n) is 8.51. The monoisotopic (exact) mass is 444 g/mol. The van der Waals surface area contributed by atoms with E-state index in [0.717, 1.165) is 0 Å². The van der Waals surface area contributed by atoms with Gasteiger partial charge in [-0.1, -0.05) is 0 Å². The molecule has 0 aliphatic heterocycles. The molecule has 0 saturated heterocycles. The highest BCUT2D eigenvalue weighted by Crippen LogP contribution is 2.57. The van der Waals surface area contributed by atoms with Crippen LogP contribution in [0.4, 0.5) is 5.69 Å². The van der Waals surface area contributed by atoms with Gasteiger partial charge in [0.2, 0.25) is 5.78 Å². The number of amides is 1. The van der Waals surface area contributed by atoms with Gasteiger partial charge < -0.3 is 42.9 Å². The highest BCUT2D eigenvalue weighted by atomic mass is 16.3. The number of fused-ring (bicyclic) bond motifs is 3. The van der Waals surface area contributed by atoms with Crippen LogP contribution in [0.15, 0.2) is 34.8 Å². The first-order valence-electron chi connectivity index (χ1n) is 9.93. The van der Waals surface area contributed by atoms with Crippen LogP contribution in [0.5, 0.6) is 5.75 Å². The van der Waals surface area contributed by atoms with E-state index in [1.807, 2.05) is 0 Å². The minimum absolute atomic E-state index is 0.0786. The number of aliphatic hydroxyl groups is 3. The number of rotatable bonds is 3. The lowest BCUT2D eigenvalue weighted by Crippen LogP contribution is -2.65. The average molecular weight is 444 g/mol. The molecule has 3 aliphatic carbocycles. The molecule has 170 valence electrons. The Bertz CT molecular complexity index is 1160. The van der Waals surface area contributed by atoms with Gasteiger partial charge >= 0.3 is 0 Å². The summed E-state index contributed by atoms with van der Waals surface area (Å²) in [7, 11) is 1.64. The van der Waals surface area contributed by atoms with Gasteiger partial charge in [0.15, 0.2) is 11.4 Å². The molecule has 11 nitrogen and oxygen atoms in total. The van der Waals surface area contributed by atoms with Crippen molar-refractivity contribution in [3.63, 3.8) is 0 Å². The molecule has 11 heteroatoms. The van der Waals surface area contributed by atoms with Gasteiger partial charge in [-0.15, -0.1) is 0 Å². The molecule has 1 unspecified atom stereocenters. The highest BCUT2D eigenvalue weighted by molar-refractivity contribution is 6.25. The number of primary amides is 1. The fourth-order valence-corrected chi connectivity index (χ4v) is 5.39. The number of nitrogens with one attached hydrogen (secondary N) is 1. The smallest absolute Gasteiger partial charge is 0.255 e. The molecule has 11 N–H and O–H groups in total. The van der Waals surface area contributed by atoms with E-state index in [1.165, 1.54) is 6.07 Å². The quantitative estimate of drug-likeness (QED) is 0.207. The minimum atomic E-state index is -2.77. The van der Waals surface area contributed by atoms with Crippen LogP contribution in [0, 0.1) is 11.3 Å². The molecule has 0 bridgehead atoms. The third kappa shape index (κ3) is 2.43. The number of hydrogen-bond acceptors (Lipinski definition) is 10. The maximum atomic E-state index is 13.5. The minimum Gasteiger partial charge on any atom is -0.510 e. The van der Waals surface area contributed by atoms with Crippen molar-refractivity contribution in [2.45, 2.75) is 24.5 Å². The van der Waals surface area contributed by atoms with Crippen LogP contribution in [0.1, 0.15) is 22.3 Å². The predicted molar refractivity (Wildman–Crippen MR) is 112 cm³/mol. The van der Waals surface area contributed by atoms with E-state index < -0.39 is 57.5 Å². The Morgan fingerprint density at radius 3 is 2.47 bits per heavy atom. The van der Waals surface area contributed by atoms with Crippen molar-refractivity contribution in [2.24, 2.45) is 28.5 Å². The number of phenolic OH excluding ortho intramolecular Hbond substituents is 1. The van der Waals surface area contributed by atoms with Crippen molar-refractivity contribution in [1.82, 2.24) is 0 Å². The number of aliphatic hydroxyl groups excluding tert-OH is 2. The molecule has 0 saturated carbocycles. The highest BCUT2D eigenvalue weighted by Gasteiger charge is 2.65. The average Bonchev–Trinajstić information content (AvgIpc) is 2.74. The van der Waals surface area contributed by atoms with Gasteiger partial charge in [-0.2, -0.15) is 0 Å². The first kappa shape index (κ1) is 21.8. The van der Waals surface area contributed by atoms with Crippen molar-refractivity contribution >= 4 is 23.2 Å². The zero-order valence-electron chi connectivity index (χ0n) is 17.2. The molecular formula is C21H24N4O7. The zero-order chi connectivity index (χ0) is 23.7. The van der Waals surface area contributed by atoms with Crippen LogP contribution in [0.3, 0.4) is 0 Å². The number of carbonyl (C=O) groups is 3. The van der Waals surface area contributed by atoms with Crippen LogP contribution in [-0.4, -0.2) is 63.1 Å². The summed E-state index contributed by atoms with van der Waals surface area (Å²) in [5.74, 6) is -6.93. The van der Waals surface area contributed by atoms with Gasteiger partial charge in [0.25, 0.3) is 5.91 Å². The number of ketones is 2. The Kier molecular flexibility index (Phi) is 4.63. The molecular weight excluding hydrogens is 420 g/mol. The molecule has 4 atom stereocenters. The number of aromatic hydroxyl groups is 1.